The molecule has 1 aliphatic heterocycles. The third-order valence-electron chi connectivity index (χ3n) is 5.13. The summed E-state index contributed by atoms with van der Waals surface area (Å²) in [4.78, 5) is 14.1. The van der Waals surface area contributed by atoms with Crippen LogP contribution in [0.15, 0.2) is 24.3 Å². The number of rotatable bonds is 7. The lowest BCUT2D eigenvalue weighted by molar-refractivity contribution is 0.0520. The first-order valence-corrected chi connectivity index (χ1v) is 8.91. The number of benzene rings is 1. The minimum Gasteiger partial charge on any atom is -0.481 e. The van der Waals surface area contributed by atoms with Crippen LogP contribution < -0.4 is 10.1 Å². The second-order valence-electron chi connectivity index (χ2n) is 6.62. The maximum Gasteiger partial charge on any atom is 0.317 e. The molecule has 5 nitrogen and oxygen atoms in total. The number of nitrogens with one attached hydrogen (secondary N) is 1. The van der Waals surface area contributed by atoms with Crippen molar-refractivity contribution < 1.29 is 14.6 Å². The molecule has 25 heavy (non-hydrogen) atoms. The van der Waals surface area contributed by atoms with E-state index in [1.165, 1.54) is 0 Å². The quantitative estimate of drug-likeness (QED) is 0.747. The molecule has 0 bridgehead atoms. The van der Waals surface area contributed by atoms with Crippen LogP contribution in [0.5, 0.6) is 5.75 Å². The predicted octanol–water partition coefficient (Wildman–Crippen LogP) is 2.44. The summed E-state index contributed by atoms with van der Waals surface area (Å²) >= 11 is 0. The van der Waals surface area contributed by atoms with Gasteiger partial charge in [0.25, 0.3) is 0 Å². The fraction of sp³-hybridized carbons (Fsp3) is 0.550. The van der Waals surface area contributed by atoms with Gasteiger partial charge in [0.05, 0.1) is 0 Å². The molecule has 0 unspecified atom stereocenters. The number of carbonyl (C=O) groups excluding carboxylic acids is 1. The third kappa shape index (κ3) is 5.40. The Labute approximate surface area is 150 Å². The lowest BCUT2D eigenvalue weighted by Crippen LogP contribution is -2.48. The fourth-order valence-corrected chi connectivity index (χ4v) is 3.11. The molecule has 5 heteroatoms. The van der Waals surface area contributed by atoms with Crippen molar-refractivity contribution in [3.63, 3.8) is 0 Å². The third-order valence-corrected chi connectivity index (χ3v) is 5.13. The molecule has 0 aliphatic carbocycles. The summed E-state index contributed by atoms with van der Waals surface area (Å²) in [6.07, 6.45) is 8.62. The average molecular weight is 344 g/mol. The zero-order valence-corrected chi connectivity index (χ0v) is 15.0. The second-order valence-corrected chi connectivity index (χ2v) is 6.62. The normalized spacial score (nSPS) is 16.1. The highest BCUT2D eigenvalue weighted by Gasteiger charge is 2.33. The van der Waals surface area contributed by atoms with Crippen molar-refractivity contribution in [2.24, 2.45) is 5.41 Å². The first-order valence-electron chi connectivity index (χ1n) is 8.91. The molecule has 1 aromatic carbocycles. The molecule has 0 saturated carbocycles. The molecule has 2 rings (SSSR count). The van der Waals surface area contributed by atoms with E-state index in [-0.39, 0.29) is 24.7 Å². The lowest BCUT2D eigenvalue weighted by atomic mass is 9.77. The number of aliphatic hydroxyl groups excluding tert-OH is 1. The number of amides is 2. The molecule has 1 fully saturated rings. The summed E-state index contributed by atoms with van der Waals surface area (Å²) < 4.78 is 5.34. The van der Waals surface area contributed by atoms with Gasteiger partial charge in [-0.1, -0.05) is 25.0 Å². The zero-order valence-electron chi connectivity index (χ0n) is 15.0. The Morgan fingerprint density at radius 1 is 1.36 bits per heavy atom. The predicted molar refractivity (Wildman–Crippen MR) is 98.5 cm³/mol. The Hall–Kier alpha value is -2.19. The van der Waals surface area contributed by atoms with Gasteiger partial charge in [-0.2, -0.15) is 0 Å². The highest BCUT2D eigenvalue weighted by atomic mass is 16.5. The number of hydrogen-bond donors (Lipinski definition) is 2. The van der Waals surface area contributed by atoms with Gasteiger partial charge in [-0.15, -0.1) is 6.42 Å². The lowest BCUT2D eigenvalue weighted by Gasteiger charge is -2.40. The Morgan fingerprint density at radius 3 is 2.60 bits per heavy atom. The minimum atomic E-state index is -0.0170. The Morgan fingerprint density at radius 2 is 2.04 bits per heavy atom. The number of likely N-dealkylation sites (tertiary alicyclic amines) is 1. The van der Waals surface area contributed by atoms with Gasteiger partial charge in [0.2, 0.25) is 0 Å². The van der Waals surface area contributed by atoms with Crippen molar-refractivity contribution in [3.8, 4) is 18.1 Å². The Bertz CT molecular complexity index is 578. The molecule has 0 atom stereocenters. The van der Waals surface area contributed by atoms with E-state index < -0.39 is 0 Å². The second kappa shape index (κ2) is 9.33. The van der Waals surface area contributed by atoms with Gasteiger partial charge in [0.1, 0.15) is 12.4 Å². The van der Waals surface area contributed by atoms with Crippen molar-refractivity contribution in [1.29, 1.82) is 0 Å². The average Bonchev–Trinajstić information content (AvgIpc) is 2.67. The van der Waals surface area contributed by atoms with Crippen LogP contribution >= 0.6 is 0 Å². The molecule has 0 aromatic heterocycles. The smallest absolute Gasteiger partial charge is 0.317 e. The molecule has 0 radical (unpaired) electrons. The van der Waals surface area contributed by atoms with Gasteiger partial charge >= 0.3 is 6.03 Å². The fourth-order valence-electron chi connectivity index (χ4n) is 3.11. The zero-order chi connectivity index (χ0) is 18.1. The molecule has 2 amide bonds. The first-order chi connectivity index (χ1) is 12.1. The number of nitrogens with zero attached hydrogens (tertiary/aromatic N) is 1. The van der Waals surface area contributed by atoms with E-state index in [4.69, 9.17) is 11.2 Å². The van der Waals surface area contributed by atoms with Crippen LogP contribution in [0, 0.1) is 17.8 Å². The van der Waals surface area contributed by atoms with Crippen molar-refractivity contribution >= 4 is 6.03 Å². The number of urea groups is 1. The van der Waals surface area contributed by atoms with Crippen molar-refractivity contribution in [1.82, 2.24) is 10.2 Å². The molecule has 1 saturated heterocycles. The molecule has 136 valence electrons. The van der Waals surface area contributed by atoms with Crippen molar-refractivity contribution in [3.05, 3.63) is 29.8 Å². The van der Waals surface area contributed by atoms with Crippen LogP contribution in [0.4, 0.5) is 4.79 Å². The Balaban J connectivity index is 1.71. The number of carbonyl (C=O) groups is 1. The molecule has 2 N–H and O–H groups in total. The van der Waals surface area contributed by atoms with E-state index in [1.807, 2.05) is 29.2 Å². The van der Waals surface area contributed by atoms with Crippen LogP contribution in [0.1, 0.15) is 31.7 Å². The molecule has 0 spiro atoms. The molecule has 1 aromatic rings. The Kier molecular flexibility index (Phi) is 7.15. The van der Waals surface area contributed by atoms with E-state index >= 15 is 0 Å². The molecular weight excluding hydrogens is 316 g/mol. The first kappa shape index (κ1) is 19.1. The van der Waals surface area contributed by atoms with Gasteiger partial charge in [-0.3, -0.25) is 0 Å². The van der Waals surface area contributed by atoms with E-state index in [0.29, 0.717) is 19.6 Å². The number of hydrogen-bond acceptors (Lipinski definition) is 3. The highest BCUT2D eigenvalue weighted by Crippen LogP contribution is 2.34. The number of ether oxygens (including phenoxy) is 1. The van der Waals surface area contributed by atoms with E-state index in [0.717, 1.165) is 37.0 Å². The van der Waals surface area contributed by atoms with Gasteiger partial charge < -0.3 is 20.1 Å². The van der Waals surface area contributed by atoms with Crippen molar-refractivity contribution in [2.75, 3.05) is 32.8 Å². The van der Waals surface area contributed by atoms with Crippen LogP contribution in [0.3, 0.4) is 0 Å². The summed E-state index contributed by atoms with van der Waals surface area (Å²) in [5.41, 5.74) is 1.14. The highest BCUT2D eigenvalue weighted by molar-refractivity contribution is 5.74. The molecular formula is C20H28N2O3. The summed E-state index contributed by atoms with van der Waals surface area (Å²) in [6.45, 7) is 4.59. The summed E-state index contributed by atoms with van der Waals surface area (Å²) in [5, 5.41) is 12.5. The largest absolute Gasteiger partial charge is 0.481 e. The van der Waals surface area contributed by atoms with Gasteiger partial charge in [-0.25, -0.2) is 4.79 Å². The monoisotopic (exact) mass is 344 g/mol. The van der Waals surface area contributed by atoms with Crippen LogP contribution in [0.2, 0.25) is 0 Å². The number of terminal acetylenes is 1. The summed E-state index contributed by atoms with van der Waals surface area (Å²) in [5.74, 6) is 3.19. The van der Waals surface area contributed by atoms with E-state index in [2.05, 4.69) is 18.2 Å². The number of piperidine rings is 1. The van der Waals surface area contributed by atoms with E-state index in [1.54, 1.807) is 0 Å². The maximum atomic E-state index is 12.3. The van der Waals surface area contributed by atoms with Crippen molar-refractivity contribution in [2.45, 2.75) is 32.6 Å². The topological polar surface area (TPSA) is 61.8 Å². The number of aliphatic hydroxyl groups is 1. The van der Waals surface area contributed by atoms with Gasteiger partial charge in [-0.05, 0) is 48.8 Å². The van der Waals surface area contributed by atoms with Gasteiger partial charge in [0.15, 0.2) is 0 Å². The van der Waals surface area contributed by atoms with Gasteiger partial charge in [0, 0.05) is 26.2 Å². The van der Waals surface area contributed by atoms with Crippen LogP contribution in [-0.4, -0.2) is 48.9 Å². The standard InChI is InChI=1S/C20H28N2O3/c1-3-15-25-18-7-5-17(6-8-18)9-12-21-19(24)22-13-10-20(4-2,16-23)11-14-22/h1,5-8,23H,4,9-16H2,2H3,(H,21,24). The molecule has 1 heterocycles. The van der Waals surface area contributed by atoms with E-state index in [9.17, 15) is 9.90 Å². The minimum absolute atomic E-state index is 0.0000178. The molecule has 1 aliphatic rings. The van der Waals surface area contributed by atoms with Crippen LogP contribution in [-0.2, 0) is 6.42 Å². The SMILES string of the molecule is C#CCOc1ccc(CCNC(=O)N2CCC(CC)(CO)CC2)cc1. The van der Waals surface area contributed by atoms with Crippen LogP contribution in [0.25, 0.3) is 0 Å². The maximum absolute atomic E-state index is 12.3. The summed E-state index contributed by atoms with van der Waals surface area (Å²) in [7, 11) is 0. The summed E-state index contributed by atoms with van der Waals surface area (Å²) in [6, 6.07) is 7.72.